The molecule has 0 saturated carbocycles. The second kappa shape index (κ2) is 8.68. The number of aromatic nitrogens is 4. The van der Waals surface area contributed by atoms with Crippen LogP contribution in [-0.4, -0.2) is 71.5 Å². The van der Waals surface area contributed by atoms with Crippen molar-refractivity contribution in [3.05, 3.63) is 36.8 Å². The van der Waals surface area contributed by atoms with E-state index >= 15 is 4.39 Å². The Morgan fingerprint density at radius 2 is 2.03 bits per heavy atom. The lowest BCUT2D eigenvalue weighted by molar-refractivity contribution is 0.122. The molecule has 0 aromatic carbocycles. The van der Waals surface area contributed by atoms with Crippen molar-refractivity contribution in [3.8, 4) is 11.3 Å². The minimum Gasteiger partial charge on any atom is -0.378 e. The zero-order valence-corrected chi connectivity index (χ0v) is 17.4. The molecule has 0 radical (unpaired) electrons. The number of halogens is 1. The molecule has 2 aliphatic rings. The van der Waals surface area contributed by atoms with E-state index in [0.29, 0.717) is 29.8 Å². The van der Waals surface area contributed by atoms with Crippen LogP contribution in [0.1, 0.15) is 12.8 Å². The Morgan fingerprint density at radius 3 is 2.81 bits per heavy atom. The highest BCUT2D eigenvalue weighted by Crippen LogP contribution is 2.28. The number of anilines is 2. The second-order valence-electron chi connectivity index (χ2n) is 8.07. The number of ether oxygens (including phenoxy) is 1. The van der Waals surface area contributed by atoms with Gasteiger partial charge in [0.1, 0.15) is 17.0 Å². The first-order valence-corrected chi connectivity index (χ1v) is 10.7. The minimum absolute atomic E-state index is 0.177. The average Bonchev–Trinajstić information content (AvgIpc) is 2.83. The summed E-state index contributed by atoms with van der Waals surface area (Å²) >= 11 is 0. The topological polar surface area (TPSA) is 88.1 Å². The number of alkyl halides is 1. The number of hydrogen-bond acceptors (Lipinski definition) is 8. The second-order valence-corrected chi connectivity index (χ2v) is 8.07. The maximum Gasteiger partial charge on any atom is 0.155 e. The van der Waals surface area contributed by atoms with Gasteiger partial charge in [-0.1, -0.05) is 0 Å². The number of fused-ring (bicyclic) bond motifs is 1. The fourth-order valence-electron chi connectivity index (χ4n) is 4.08. The number of pyridine rings is 2. The highest BCUT2D eigenvalue weighted by atomic mass is 19.1. The average molecular weight is 423 g/mol. The Morgan fingerprint density at radius 1 is 1.16 bits per heavy atom. The summed E-state index contributed by atoms with van der Waals surface area (Å²) in [5.74, 6) is 1.47. The van der Waals surface area contributed by atoms with Gasteiger partial charge in [-0.05, 0) is 37.6 Å². The number of hydrogen-bond donors (Lipinski definition) is 2. The third-order valence-corrected chi connectivity index (χ3v) is 5.83. The Hall–Kier alpha value is -2.91. The maximum atomic E-state index is 15.1. The van der Waals surface area contributed by atoms with Crippen molar-refractivity contribution in [3.63, 3.8) is 0 Å². The lowest BCUT2D eigenvalue weighted by Crippen LogP contribution is -2.46. The molecule has 3 aromatic rings. The van der Waals surface area contributed by atoms with Crippen molar-refractivity contribution in [1.29, 1.82) is 0 Å². The molecule has 1 unspecified atom stereocenters. The molecular weight excluding hydrogens is 397 g/mol. The van der Waals surface area contributed by atoms with Crippen LogP contribution in [-0.2, 0) is 4.74 Å². The van der Waals surface area contributed by atoms with Gasteiger partial charge in [0.15, 0.2) is 5.82 Å². The van der Waals surface area contributed by atoms with Crippen LogP contribution in [0.3, 0.4) is 0 Å². The van der Waals surface area contributed by atoms with E-state index in [0.717, 1.165) is 56.3 Å². The molecule has 2 fully saturated rings. The van der Waals surface area contributed by atoms with Crippen LogP contribution in [0.4, 0.5) is 16.0 Å². The predicted octanol–water partition coefficient (Wildman–Crippen LogP) is 2.43. The Kier molecular flexibility index (Phi) is 5.61. The summed E-state index contributed by atoms with van der Waals surface area (Å²) in [5, 5.41) is 6.33. The van der Waals surface area contributed by atoms with Gasteiger partial charge >= 0.3 is 0 Å². The number of nitrogens with zero attached hydrogens (tertiary/aromatic N) is 5. The molecule has 5 heterocycles. The molecule has 2 N–H and O–H groups in total. The summed E-state index contributed by atoms with van der Waals surface area (Å²) in [7, 11) is 0. The standard InChI is InChI=1S/C22H26FN7O/c23-22(4-1-5-24-14-22)15-28-21-20-18(25-6-7-26-20)12-17(29-21)16-2-3-19(27-13-16)30-8-10-31-11-9-30/h2-3,6-7,12-13,24H,1,4-5,8-11,14-15H2,(H,28,29). The molecule has 1 atom stereocenters. The smallest absolute Gasteiger partial charge is 0.155 e. The minimum atomic E-state index is -1.30. The first-order chi connectivity index (χ1) is 15.2. The summed E-state index contributed by atoms with van der Waals surface area (Å²) in [5.41, 5.74) is 1.65. The van der Waals surface area contributed by atoms with Crippen molar-refractivity contribution < 1.29 is 9.13 Å². The lowest BCUT2D eigenvalue weighted by atomic mass is 9.96. The van der Waals surface area contributed by atoms with Crippen LogP contribution in [0.25, 0.3) is 22.3 Å². The van der Waals surface area contributed by atoms with Gasteiger partial charge in [0.05, 0.1) is 31.0 Å². The van der Waals surface area contributed by atoms with E-state index in [1.165, 1.54) is 0 Å². The summed E-state index contributed by atoms with van der Waals surface area (Å²) in [6.07, 6.45) is 6.45. The molecule has 0 aliphatic carbocycles. The van der Waals surface area contributed by atoms with E-state index in [-0.39, 0.29) is 6.54 Å². The van der Waals surface area contributed by atoms with Crippen LogP contribution < -0.4 is 15.5 Å². The Labute approximate surface area is 180 Å². The summed E-state index contributed by atoms with van der Waals surface area (Å²) < 4.78 is 20.5. The van der Waals surface area contributed by atoms with Gasteiger partial charge in [-0.2, -0.15) is 0 Å². The predicted molar refractivity (Wildman–Crippen MR) is 118 cm³/mol. The fourth-order valence-corrected chi connectivity index (χ4v) is 4.08. The van der Waals surface area contributed by atoms with Crippen molar-refractivity contribution >= 4 is 22.7 Å². The van der Waals surface area contributed by atoms with Crippen molar-refractivity contribution in [2.45, 2.75) is 18.5 Å². The first-order valence-electron chi connectivity index (χ1n) is 10.7. The highest BCUT2D eigenvalue weighted by Gasteiger charge is 2.31. The lowest BCUT2D eigenvalue weighted by Gasteiger charge is -2.30. The third kappa shape index (κ3) is 4.42. The Bertz CT molecular complexity index is 1030. The quantitative estimate of drug-likeness (QED) is 0.647. The van der Waals surface area contributed by atoms with E-state index in [1.807, 2.05) is 24.4 Å². The van der Waals surface area contributed by atoms with Gasteiger partial charge in [0.25, 0.3) is 0 Å². The summed E-state index contributed by atoms with van der Waals surface area (Å²) in [6.45, 7) is 4.49. The van der Waals surface area contributed by atoms with Crippen molar-refractivity contribution in [2.24, 2.45) is 0 Å². The van der Waals surface area contributed by atoms with Gasteiger partial charge < -0.3 is 20.3 Å². The van der Waals surface area contributed by atoms with E-state index < -0.39 is 5.67 Å². The van der Waals surface area contributed by atoms with Crippen LogP contribution in [0, 0.1) is 0 Å². The summed E-state index contributed by atoms with van der Waals surface area (Å²) in [6, 6.07) is 5.90. The van der Waals surface area contributed by atoms with Crippen LogP contribution >= 0.6 is 0 Å². The van der Waals surface area contributed by atoms with Crippen molar-refractivity contribution in [1.82, 2.24) is 25.3 Å². The maximum absolute atomic E-state index is 15.1. The van der Waals surface area contributed by atoms with Crippen molar-refractivity contribution in [2.75, 3.05) is 56.2 Å². The van der Waals surface area contributed by atoms with Crippen LogP contribution in [0.5, 0.6) is 0 Å². The summed E-state index contributed by atoms with van der Waals surface area (Å²) in [4.78, 5) is 20.4. The van der Waals surface area contributed by atoms with E-state index in [2.05, 4.69) is 30.5 Å². The molecule has 31 heavy (non-hydrogen) atoms. The molecule has 0 spiro atoms. The molecule has 3 aromatic heterocycles. The number of morpholine rings is 1. The zero-order chi connectivity index (χ0) is 21.1. The Balaban J connectivity index is 1.42. The number of piperidine rings is 1. The number of nitrogens with one attached hydrogen (secondary N) is 2. The van der Waals surface area contributed by atoms with E-state index in [9.17, 15) is 0 Å². The van der Waals surface area contributed by atoms with Gasteiger partial charge in [0.2, 0.25) is 0 Å². The van der Waals surface area contributed by atoms with E-state index in [4.69, 9.17) is 9.72 Å². The van der Waals surface area contributed by atoms with Gasteiger partial charge in [-0.15, -0.1) is 0 Å². The molecule has 2 saturated heterocycles. The molecule has 0 amide bonds. The van der Waals surface area contributed by atoms with Crippen LogP contribution in [0.15, 0.2) is 36.8 Å². The molecule has 5 rings (SSSR count). The molecule has 0 bridgehead atoms. The third-order valence-electron chi connectivity index (χ3n) is 5.83. The van der Waals surface area contributed by atoms with Crippen LogP contribution in [0.2, 0.25) is 0 Å². The molecule has 162 valence electrons. The first kappa shape index (κ1) is 20.0. The van der Waals surface area contributed by atoms with Gasteiger partial charge in [-0.25, -0.2) is 19.3 Å². The van der Waals surface area contributed by atoms with E-state index in [1.54, 1.807) is 12.4 Å². The monoisotopic (exact) mass is 423 g/mol. The van der Waals surface area contributed by atoms with Gasteiger partial charge in [0, 0.05) is 43.8 Å². The fraction of sp³-hybridized carbons (Fsp3) is 0.455. The normalized spacial score (nSPS) is 21.9. The molecule has 8 nitrogen and oxygen atoms in total. The molecular formula is C22H26FN7O. The zero-order valence-electron chi connectivity index (χ0n) is 17.4. The molecule has 9 heteroatoms. The highest BCUT2D eigenvalue weighted by molar-refractivity contribution is 5.88. The SMILES string of the molecule is FC1(CNc2nc(-c3ccc(N4CCOCC4)nc3)cc3nccnc23)CCCNC1. The van der Waals surface area contributed by atoms with Gasteiger partial charge in [-0.3, -0.25) is 4.98 Å². The molecule has 2 aliphatic heterocycles. The largest absolute Gasteiger partial charge is 0.378 e. The number of rotatable bonds is 5.